The Kier molecular flexibility index (Phi) is 3.29. The van der Waals surface area contributed by atoms with E-state index in [4.69, 9.17) is 4.98 Å². The van der Waals surface area contributed by atoms with Gasteiger partial charge in [0.05, 0.1) is 5.52 Å². The maximum absolute atomic E-state index is 4.83. The lowest BCUT2D eigenvalue weighted by Gasteiger charge is -2.19. The SMILES string of the molecule is CNc1c(C(C)C)c(C)nc2c(C)ccc(C)c12. The number of anilines is 1. The van der Waals surface area contributed by atoms with Crippen LogP contribution in [0.3, 0.4) is 0 Å². The van der Waals surface area contributed by atoms with Crippen LogP contribution in [-0.2, 0) is 0 Å². The van der Waals surface area contributed by atoms with Gasteiger partial charge in [-0.15, -0.1) is 0 Å². The minimum atomic E-state index is 0.476. The van der Waals surface area contributed by atoms with E-state index in [0.29, 0.717) is 5.92 Å². The highest BCUT2D eigenvalue weighted by atomic mass is 14.9. The van der Waals surface area contributed by atoms with Crippen molar-refractivity contribution in [2.24, 2.45) is 0 Å². The molecule has 0 aliphatic heterocycles. The summed E-state index contributed by atoms with van der Waals surface area (Å²) in [6.45, 7) is 10.8. The minimum absolute atomic E-state index is 0.476. The first-order valence-electron chi connectivity index (χ1n) is 6.55. The summed E-state index contributed by atoms with van der Waals surface area (Å²) in [5.74, 6) is 0.476. The second-order valence-corrected chi connectivity index (χ2v) is 5.31. The van der Waals surface area contributed by atoms with Gasteiger partial charge in [-0.3, -0.25) is 4.98 Å². The summed E-state index contributed by atoms with van der Waals surface area (Å²) < 4.78 is 0. The number of nitrogens with zero attached hydrogens (tertiary/aromatic N) is 1. The third kappa shape index (κ3) is 1.86. The zero-order valence-corrected chi connectivity index (χ0v) is 12.2. The highest BCUT2D eigenvalue weighted by Crippen LogP contribution is 2.35. The molecule has 0 fully saturated rings. The maximum atomic E-state index is 4.83. The van der Waals surface area contributed by atoms with E-state index in [-0.39, 0.29) is 0 Å². The first-order chi connectivity index (χ1) is 8.47. The molecule has 0 atom stereocenters. The van der Waals surface area contributed by atoms with E-state index in [1.807, 2.05) is 7.05 Å². The molecule has 2 heteroatoms. The molecule has 18 heavy (non-hydrogen) atoms. The van der Waals surface area contributed by atoms with Gasteiger partial charge in [0.15, 0.2) is 0 Å². The summed E-state index contributed by atoms with van der Waals surface area (Å²) in [5, 5.41) is 4.66. The molecule has 1 aromatic carbocycles. The standard InChI is InChI=1S/C16H22N2/c1-9(2)13-12(5)18-15-11(4)8-7-10(3)14(15)16(13)17-6/h7-9H,1-6H3,(H,17,18). The highest BCUT2D eigenvalue weighted by molar-refractivity contribution is 5.97. The van der Waals surface area contributed by atoms with Crippen LogP contribution in [-0.4, -0.2) is 12.0 Å². The average Bonchev–Trinajstić information content (AvgIpc) is 2.32. The molecule has 0 saturated carbocycles. The number of hydrogen-bond donors (Lipinski definition) is 1. The Morgan fingerprint density at radius 2 is 1.67 bits per heavy atom. The Hall–Kier alpha value is -1.57. The predicted octanol–water partition coefficient (Wildman–Crippen LogP) is 4.33. The number of rotatable bonds is 2. The quantitative estimate of drug-likeness (QED) is 0.848. The Labute approximate surface area is 109 Å². The van der Waals surface area contributed by atoms with Gasteiger partial charge in [-0.2, -0.15) is 0 Å². The number of aromatic nitrogens is 1. The molecule has 0 amide bonds. The van der Waals surface area contributed by atoms with Gasteiger partial charge < -0.3 is 5.32 Å². The van der Waals surface area contributed by atoms with E-state index in [1.165, 1.54) is 27.8 Å². The number of nitrogens with one attached hydrogen (secondary N) is 1. The van der Waals surface area contributed by atoms with Crippen LogP contribution in [0.2, 0.25) is 0 Å². The van der Waals surface area contributed by atoms with Gasteiger partial charge in [-0.25, -0.2) is 0 Å². The number of hydrogen-bond acceptors (Lipinski definition) is 2. The van der Waals surface area contributed by atoms with Crippen molar-refractivity contribution in [1.82, 2.24) is 4.98 Å². The van der Waals surface area contributed by atoms with E-state index in [0.717, 1.165) is 11.2 Å². The topological polar surface area (TPSA) is 24.9 Å². The van der Waals surface area contributed by atoms with Crippen molar-refractivity contribution in [3.05, 3.63) is 34.5 Å². The van der Waals surface area contributed by atoms with E-state index in [9.17, 15) is 0 Å². The Morgan fingerprint density at radius 3 is 2.22 bits per heavy atom. The number of benzene rings is 1. The summed E-state index contributed by atoms with van der Waals surface area (Å²) in [6, 6.07) is 4.33. The van der Waals surface area contributed by atoms with Crippen molar-refractivity contribution in [3.63, 3.8) is 0 Å². The minimum Gasteiger partial charge on any atom is -0.387 e. The molecule has 2 rings (SSSR count). The second-order valence-electron chi connectivity index (χ2n) is 5.31. The van der Waals surface area contributed by atoms with Crippen LogP contribution in [0.4, 0.5) is 5.69 Å². The van der Waals surface area contributed by atoms with Crippen molar-refractivity contribution in [2.75, 3.05) is 12.4 Å². The van der Waals surface area contributed by atoms with Crippen LogP contribution >= 0.6 is 0 Å². The number of pyridine rings is 1. The number of aryl methyl sites for hydroxylation is 3. The molecule has 2 nitrogen and oxygen atoms in total. The van der Waals surface area contributed by atoms with Gasteiger partial charge in [0.25, 0.3) is 0 Å². The first kappa shape index (κ1) is 12.9. The molecule has 0 aliphatic rings. The summed E-state index contributed by atoms with van der Waals surface area (Å²) in [6.07, 6.45) is 0. The van der Waals surface area contributed by atoms with Gasteiger partial charge >= 0.3 is 0 Å². The van der Waals surface area contributed by atoms with E-state index >= 15 is 0 Å². The molecule has 96 valence electrons. The average molecular weight is 242 g/mol. The Balaban J connectivity index is 2.99. The third-order valence-corrected chi connectivity index (χ3v) is 3.60. The third-order valence-electron chi connectivity index (χ3n) is 3.60. The fourth-order valence-electron chi connectivity index (χ4n) is 2.77. The van der Waals surface area contributed by atoms with Crippen LogP contribution in [0.5, 0.6) is 0 Å². The summed E-state index contributed by atoms with van der Waals surface area (Å²) in [7, 11) is 2.00. The first-order valence-corrected chi connectivity index (χ1v) is 6.55. The van der Waals surface area contributed by atoms with Crippen LogP contribution in [0.25, 0.3) is 10.9 Å². The molecule has 1 N–H and O–H groups in total. The van der Waals surface area contributed by atoms with Crippen LogP contribution in [0.1, 0.15) is 42.1 Å². The van der Waals surface area contributed by atoms with Crippen LogP contribution in [0, 0.1) is 20.8 Å². The van der Waals surface area contributed by atoms with Gasteiger partial charge in [0.1, 0.15) is 0 Å². The second kappa shape index (κ2) is 4.60. The molecule has 1 aromatic heterocycles. The van der Waals surface area contributed by atoms with Crippen molar-refractivity contribution in [2.45, 2.75) is 40.5 Å². The van der Waals surface area contributed by atoms with E-state index in [2.05, 4.69) is 52.1 Å². The zero-order valence-electron chi connectivity index (χ0n) is 12.2. The van der Waals surface area contributed by atoms with E-state index in [1.54, 1.807) is 0 Å². The molecular formula is C16H22N2. The van der Waals surface area contributed by atoms with Crippen LogP contribution in [0.15, 0.2) is 12.1 Å². The van der Waals surface area contributed by atoms with Crippen LogP contribution < -0.4 is 5.32 Å². The molecule has 0 saturated heterocycles. The molecule has 2 aromatic rings. The maximum Gasteiger partial charge on any atom is 0.0757 e. The van der Waals surface area contributed by atoms with Crippen molar-refractivity contribution in [3.8, 4) is 0 Å². The highest BCUT2D eigenvalue weighted by Gasteiger charge is 2.16. The monoisotopic (exact) mass is 242 g/mol. The van der Waals surface area contributed by atoms with E-state index < -0.39 is 0 Å². The summed E-state index contributed by atoms with van der Waals surface area (Å²) in [4.78, 5) is 4.83. The normalized spacial score (nSPS) is 11.3. The molecule has 1 heterocycles. The van der Waals surface area contributed by atoms with Crippen molar-refractivity contribution >= 4 is 16.6 Å². The predicted molar refractivity (Wildman–Crippen MR) is 79.6 cm³/mol. The molecule has 0 bridgehead atoms. The fourth-order valence-corrected chi connectivity index (χ4v) is 2.77. The smallest absolute Gasteiger partial charge is 0.0757 e. The lowest BCUT2D eigenvalue weighted by Crippen LogP contribution is -2.05. The zero-order chi connectivity index (χ0) is 13.4. The molecule has 0 aliphatic carbocycles. The summed E-state index contributed by atoms with van der Waals surface area (Å²) in [5.41, 5.74) is 7.36. The lowest BCUT2D eigenvalue weighted by atomic mass is 9.94. The Bertz CT molecular complexity index is 598. The molecule has 0 spiro atoms. The largest absolute Gasteiger partial charge is 0.387 e. The molecular weight excluding hydrogens is 220 g/mol. The number of fused-ring (bicyclic) bond motifs is 1. The molecule has 0 unspecified atom stereocenters. The van der Waals surface area contributed by atoms with Crippen molar-refractivity contribution in [1.29, 1.82) is 0 Å². The fraction of sp³-hybridized carbons (Fsp3) is 0.438. The lowest BCUT2D eigenvalue weighted by molar-refractivity contribution is 0.849. The van der Waals surface area contributed by atoms with Crippen molar-refractivity contribution < 1.29 is 0 Å². The van der Waals surface area contributed by atoms with Gasteiger partial charge in [0, 0.05) is 23.8 Å². The van der Waals surface area contributed by atoms with Gasteiger partial charge in [-0.05, 0) is 43.4 Å². The van der Waals surface area contributed by atoms with Gasteiger partial charge in [-0.1, -0.05) is 26.0 Å². The summed E-state index contributed by atoms with van der Waals surface area (Å²) >= 11 is 0. The van der Waals surface area contributed by atoms with Gasteiger partial charge in [0.2, 0.25) is 0 Å². The Morgan fingerprint density at radius 1 is 1.06 bits per heavy atom. The molecule has 0 radical (unpaired) electrons.